The average molecular weight is 270 g/mol. The Kier molecular flexibility index (Phi) is 3.67. The molecule has 20 heavy (non-hydrogen) atoms. The number of amides is 2. The van der Waals surface area contributed by atoms with Crippen molar-refractivity contribution in [2.24, 2.45) is 0 Å². The minimum atomic E-state index is 0.000538. The fourth-order valence-electron chi connectivity index (χ4n) is 2.52. The minimum absolute atomic E-state index is 0.000538. The summed E-state index contributed by atoms with van der Waals surface area (Å²) in [4.78, 5) is 18.0. The van der Waals surface area contributed by atoms with Crippen LogP contribution >= 0.6 is 0 Å². The van der Waals surface area contributed by atoms with E-state index in [2.05, 4.69) is 16.4 Å². The van der Waals surface area contributed by atoms with E-state index in [0.717, 1.165) is 31.6 Å². The van der Waals surface area contributed by atoms with Crippen molar-refractivity contribution in [2.75, 3.05) is 18.0 Å². The minimum Gasteiger partial charge on any atom is -0.338 e. The molecule has 5 heteroatoms. The Morgan fingerprint density at radius 3 is 3.10 bits per heavy atom. The summed E-state index contributed by atoms with van der Waals surface area (Å²) in [6.07, 6.45) is 7.33. The van der Waals surface area contributed by atoms with E-state index in [9.17, 15) is 4.79 Å². The van der Waals surface area contributed by atoms with Gasteiger partial charge in [0.15, 0.2) is 0 Å². The number of urea groups is 1. The number of carbonyl (C=O) groups is 1. The number of nitrogens with one attached hydrogen (secondary N) is 1. The van der Waals surface area contributed by atoms with Gasteiger partial charge in [-0.3, -0.25) is 4.90 Å². The van der Waals surface area contributed by atoms with Gasteiger partial charge < -0.3 is 9.88 Å². The number of benzene rings is 1. The number of hydrogen-bond acceptors (Lipinski definition) is 2. The first kappa shape index (κ1) is 12.7. The Bertz CT molecular complexity index is 579. The Hall–Kier alpha value is -2.30. The van der Waals surface area contributed by atoms with Crippen molar-refractivity contribution in [2.45, 2.75) is 19.4 Å². The number of hydrogen-bond donors (Lipinski definition) is 1. The Labute approximate surface area is 118 Å². The van der Waals surface area contributed by atoms with Crippen molar-refractivity contribution in [1.29, 1.82) is 0 Å². The van der Waals surface area contributed by atoms with Crippen molar-refractivity contribution in [1.82, 2.24) is 14.9 Å². The van der Waals surface area contributed by atoms with Crippen LogP contribution in [-0.4, -0.2) is 28.7 Å². The second-order valence-corrected chi connectivity index (χ2v) is 4.92. The highest BCUT2D eigenvalue weighted by molar-refractivity contribution is 5.94. The summed E-state index contributed by atoms with van der Waals surface area (Å²) >= 11 is 0. The van der Waals surface area contributed by atoms with Crippen LogP contribution in [0.2, 0.25) is 0 Å². The van der Waals surface area contributed by atoms with Crippen LogP contribution in [0.5, 0.6) is 0 Å². The van der Waals surface area contributed by atoms with E-state index in [4.69, 9.17) is 0 Å². The first-order valence-corrected chi connectivity index (χ1v) is 6.93. The fourth-order valence-corrected chi connectivity index (χ4v) is 2.52. The van der Waals surface area contributed by atoms with Gasteiger partial charge in [0.2, 0.25) is 0 Å². The van der Waals surface area contributed by atoms with Gasteiger partial charge in [-0.15, -0.1) is 0 Å². The highest BCUT2D eigenvalue weighted by Gasteiger charge is 2.23. The molecule has 0 radical (unpaired) electrons. The molecule has 0 saturated carbocycles. The van der Waals surface area contributed by atoms with Gasteiger partial charge in [-0.25, -0.2) is 9.78 Å². The molecule has 0 fully saturated rings. The average Bonchev–Trinajstić information content (AvgIpc) is 3.12. The maximum Gasteiger partial charge on any atom is 0.321 e. The lowest BCUT2D eigenvalue weighted by molar-refractivity contribution is 0.246. The Morgan fingerprint density at radius 2 is 2.25 bits per heavy atom. The second kappa shape index (κ2) is 5.77. The first-order valence-electron chi connectivity index (χ1n) is 6.93. The normalized spacial score (nSPS) is 13.3. The molecule has 1 N–H and O–H groups in total. The molecule has 1 aliphatic rings. The van der Waals surface area contributed by atoms with Crippen LogP contribution in [0.25, 0.3) is 0 Å². The van der Waals surface area contributed by atoms with Crippen molar-refractivity contribution in [3.63, 3.8) is 0 Å². The van der Waals surface area contributed by atoms with Gasteiger partial charge in [-0.1, -0.05) is 18.2 Å². The molecule has 0 aliphatic carbocycles. The van der Waals surface area contributed by atoms with Crippen LogP contribution in [-0.2, 0) is 13.0 Å². The number of anilines is 1. The maximum atomic E-state index is 12.2. The van der Waals surface area contributed by atoms with Crippen molar-refractivity contribution in [3.8, 4) is 0 Å². The topological polar surface area (TPSA) is 50.2 Å². The lowest BCUT2D eigenvalue weighted by Crippen LogP contribution is -2.39. The standard InChI is InChI=1S/C15H18N4O/c20-15(17-7-3-9-18-11-8-16-12-18)19-10-6-13-4-1-2-5-14(13)19/h1-2,4-5,8,11-12H,3,6-7,9-10H2,(H,17,20). The van der Waals surface area contributed by atoms with Gasteiger partial charge in [-0.2, -0.15) is 0 Å². The SMILES string of the molecule is O=C(NCCCn1ccnc1)N1CCc2ccccc21. The summed E-state index contributed by atoms with van der Waals surface area (Å²) < 4.78 is 2.01. The van der Waals surface area contributed by atoms with Gasteiger partial charge in [-0.05, 0) is 24.5 Å². The molecule has 0 saturated heterocycles. The third-order valence-corrected chi connectivity index (χ3v) is 3.56. The molecule has 1 aromatic heterocycles. The molecular formula is C15H18N4O. The first-order chi connectivity index (χ1) is 9.84. The van der Waals surface area contributed by atoms with E-state index >= 15 is 0 Å². The van der Waals surface area contributed by atoms with Crippen LogP contribution in [0.1, 0.15) is 12.0 Å². The third-order valence-electron chi connectivity index (χ3n) is 3.56. The summed E-state index contributed by atoms with van der Waals surface area (Å²) in [6, 6.07) is 8.09. The maximum absolute atomic E-state index is 12.2. The summed E-state index contributed by atoms with van der Waals surface area (Å²) in [5.74, 6) is 0. The van der Waals surface area contributed by atoms with Crippen molar-refractivity contribution >= 4 is 11.7 Å². The number of fused-ring (bicyclic) bond motifs is 1. The molecule has 2 heterocycles. The smallest absolute Gasteiger partial charge is 0.321 e. The molecule has 104 valence electrons. The van der Waals surface area contributed by atoms with E-state index in [1.807, 2.05) is 33.9 Å². The zero-order valence-corrected chi connectivity index (χ0v) is 11.3. The van der Waals surface area contributed by atoms with Gasteiger partial charge in [0.05, 0.1) is 6.33 Å². The zero-order chi connectivity index (χ0) is 13.8. The van der Waals surface area contributed by atoms with Crippen LogP contribution in [0, 0.1) is 0 Å². The highest BCUT2D eigenvalue weighted by Crippen LogP contribution is 2.27. The number of nitrogens with zero attached hydrogens (tertiary/aromatic N) is 3. The molecule has 5 nitrogen and oxygen atoms in total. The molecule has 1 aliphatic heterocycles. The van der Waals surface area contributed by atoms with Crippen LogP contribution in [0.15, 0.2) is 43.0 Å². The molecule has 1 aromatic carbocycles. The van der Waals surface area contributed by atoms with Crippen LogP contribution in [0.3, 0.4) is 0 Å². The largest absolute Gasteiger partial charge is 0.338 e. The van der Waals surface area contributed by atoms with Crippen molar-refractivity contribution in [3.05, 3.63) is 48.5 Å². The molecule has 2 amide bonds. The van der Waals surface area contributed by atoms with Crippen LogP contribution in [0.4, 0.5) is 10.5 Å². The quantitative estimate of drug-likeness (QED) is 0.864. The number of rotatable bonds is 4. The molecule has 0 atom stereocenters. The summed E-state index contributed by atoms with van der Waals surface area (Å²) in [5, 5.41) is 2.98. The Morgan fingerprint density at radius 1 is 1.35 bits per heavy atom. The monoisotopic (exact) mass is 270 g/mol. The Balaban J connectivity index is 1.48. The summed E-state index contributed by atoms with van der Waals surface area (Å²) in [7, 11) is 0. The number of imidazole rings is 1. The van der Waals surface area contributed by atoms with Gasteiger partial charge >= 0.3 is 6.03 Å². The van der Waals surface area contributed by atoms with E-state index < -0.39 is 0 Å². The zero-order valence-electron chi connectivity index (χ0n) is 11.3. The van der Waals surface area contributed by atoms with Crippen LogP contribution < -0.4 is 10.2 Å². The molecule has 0 bridgehead atoms. The second-order valence-electron chi connectivity index (χ2n) is 4.92. The lowest BCUT2D eigenvalue weighted by Gasteiger charge is -2.18. The number of para-hydroxylation sites is 1. The van der Waals surface area contributed by atoms with Crippen molar-refractivity contribution < 1.29 is 4.79 Å². The van der Waals surface area contributed by atoms with Gasteiger partial charge in [0.1, 0.15) is 0 Å². The molecular weight excluding hydrogens is 252 g/mol. The third kappa shape index (κ3) is 2.66. The fraction of sp³-hybridized carbons (Fsp3) is 0.333. The predicted octanol–water partition coefficient (Wildman–Crippen LogP) is 2.05. The van der Waals surface area contributed by atoms with Gasteiger partial charge in [0.25, 0.3) is 0 Å². The molecule has 0 unspecified atom stereocenters. The number of aromatic nitrogens is 2. The summed E-state index contributed by atoms with van der Waals surface area (Å²) in [5.41, 5.74) is 2.29. The van der Waals surface area contributed by atoms with Gasteiger partial charge in [0, 0.05) is 37.7 Å². The van der Waals surface area contributed by atoms with E-state index in [0.29, 0.717) is 6.54 Å². The summed E-state index contributed by atoms with van der Waals surface area (Å²) in [6.45, 7) is 2.32. The van der Waals surface area contributed by atoms with E-state index in [1.165, 1.54) is 5.56 Å². The lowest BCUT2D eigenvalue weighted by atomic mass is 10.2. The predicted molar refractivity (Wildman–Crippen MR) is 77.7 cm³/mol. The van der Waals surface area contributed by atoms with E-state index in [1.54, 1.807) is 12.5 Å². The molecule has 2 aromatic rings. The highest BCUT2D eigenvalue weighted by atomic mass is 16.2. The molecule has 3 rings (SSSR count). The van der Waals surface area contributed by atoms with E-state index in [-0.39, 0.29) is 6.03 Å². The number of aryl methyl sites for hydroxylation is 1. The number of carbonyl (C=O) groups excluding carboxylic acids is 1. The molecule has 0 spiro atoms.